The van der Waals surface area contributed by atoms with Gasteiger partial charge in [-0.25, -0.2) is 0 Å². The Labute approximate surface area is 254 Å². The van der Waals surface area contributed by atoms with Crippen LogP contribution >= 0.6 is 0 Å². The average molecular weight is 563 g/mol. The highest BCUT2D eigenvalue weighted by Crippen LogP contribution is 2.29. The number of aryl methyl sites for hydroxylation is 1. The van der Waals surface area contributed by atoms with E-state index >= 15 is 0 Å². The first-order valence-corrected chi connectivity index (χ1v) is 14.6. The number of ether oxygens (including phenoxy) is 3. The minimum Gasteiger partial charge on any atom is -0.497 e. The van der Waals surface area contributed by atoms with E-state index in [-0.39, 0.29) is 0 Å². The Bertz CT molecular complexity index is 1600. The van der Waals surface area contributed by atoms with Crippen LogP contribution in [-0.2, 0) is 12.8 Å². The molecule has 0 aliphatic rings. The lowest BCUT2D eigenvalue weighted by molar-refractivity contribution is 0.415. The van der Waals surface area contributed by atoms with E-state index in [1.165, 1.54) is 27.8 Å². The van der Waals surface area contributed by atoms with Crippen molar-refractivity contribution in [1.29, 1.82) is 0 Å². The van der Waals surface area contributed by atoms with Crippen LogP contribution in [0.2, 0.25) is 0 Å². The standard InChI is InChI=1S/C40H34O3/c1-3-29-4-10-32(11-5-29)34-14-24-39(25-15-34)42-37-18-6-30(7-19-37)28-31-8-20-38(21-9-31)43-40-26-16-35(17-27-40)33-12-22-36(41-2)23-13-33/h4-27H,3,28H2,1-2H3. The number of hydrogen-bond donors (Lipinski definition) is 0. The summed E-state index contributed by atoms with van der Waals surface area (Å²) in [5, 5.41) is 0. The van der Waals surface area contributed by atoms with E-state index in [0.717, 1.165) is 52.7 Å². The van der Waals surface area contributed by atoms with Gasteiger partial charge in [-0.15, -0.1) is 0 Å². The average Bonchev–Trinajstić information content (AvgIpc) is 3.07. The van der Waals surface area contributed by atoms with E-state index in [4.69, 9.17) is 14.2 Å². The molecule has 3 nitrogen and oxygen atoms in total. The van der Waals surface area contributed by atoms with E-state index < -0.39 is 0 Å². The molecule has 0 bridgehead atoms. The van der Waals surface area contributed by atoms with Crippen molar-refractivity contribution in [3.63, 3.8) is 0 Å². The smallest absolute Gasteiger partial charge is 0.127 e. The fourth-order valence-corrected chi connectivity index (χ4v) is 5.01. The Morgan fingerprint density at radius 1 is 0.349 bits per heavy atom. The molecular weight excluding hydrogens is 528 g/mol. The van der Waals surface area contributed by atoms with E-state index in [1.54, 1.807) is 7.11 Å². The fraction of sp³-hybridized carbons (Fsp3) is 0.100. The zero-order valence-corrected chi connectivity index (χ0v) is 24.5. The Balaban J connectivity index is 1.02. The van der Waals surface area contributed by atoms with Crippen LogP contribution in [0.5, 0.6) is 28.7 Å². The maximum atomic E-state index is 6.10. The van der Waals surface area contributed by atoms with Gasteiger partial charge in [0.25, 0.3) is 0 Å². The summed E-state index contributed by atoms with van der Waals surface area (Å²) in [4.78, 5) is 0. The van der Waals surface area contributed by atoms with Crippen molar-refractivity contribution < 1.29 is 14.2 Å². The van der Waals surface area contributed by atoms with Gasteiger partial charge in [-0.3, -0.25) is 0 Å². The van der Waals surface area contributed by atoms with Gasteiger partial charge in [0, 0.05) is 0 Å². The number of methoxy groups -OCH3 is 1. The summed E-state index contributed by atoms with van der Waals surface area (Å²) in [5.74, 6) is 4.12. The molecule has 0 atom stereocenters. The van der Waals surface area contributed by atoms with E-state index in [2.05, 4.69) is 91.9 Å². The third-order valence-corrected chi connectivity index (χ3v) is 7.55. The van der Waals surface area contributed by atoms with Gasteiger partial charge in [0.15, 0.2) is 0 Å². The normalized spacial score (nSPS) is 10.7. The van der Waals surface area contributed by atoms with Gasteiger partial charge in [0.1, 0.15) is 28.7 Å². The highest BCUT2D eigenvalue weighted by Gasteiger charge is 2.05. The summed E-state index contributed by atoms with van der Waals surface area (Å²) in [5.41, 5.74) is 8.46. The van der Waals surface area contributed by atoms with Gasteiger partial charge < -0.3 is 14.2 Å². The van der Waals surface area contributed by atoms with Crippen LogP contribution in [0.25, 0.3) is 22.3 Å². The molecule has 0 unspecified atom stereocenters. The molecule has 0 aliphatic carbocycles. The molecule has 3 heteroatoms. The Hall–Kier alpha value is -5.28. The van der Waals surface area contributed by atoms with Crippen LogP contribution < -0.4 is 14.2 Å². The third kappa shape index (κ3) is 7.14. The highest BCUT2D eigenvalue weighted by molar-refractivity contribution is 5.65. The largest absolute Gasteiger partial charge is 0.497 e. The zero-order valence-electron chi connectivity index (χ0n) is 24.5. The van der Waals surface area contributed by atoms with Crippen LogP contribution in [0.15, 0.2) is 146 Å². The highest BCUT2D eigenvalue weighted by atomic mass is 16.5. The summed E-state index contributed by atoms with van der Waals surface area (Å²) < 4.78 is 17.4. The quantitative estimate of drug-likeness (QED) is 0.166. The van der Waals surface area contributed by atoms with E-state index in [9.17, 15) is 0 Å². The molecule has 0 aromatic heterocycles. The second kappa shape index (κ2) is 13.1. The molecule has 0 spiro atoms. The lowest BCUT2D eigenvalue weighted by Gasteiger charge is -2.10. The molecule has 6 aromatic rings. The molecule has 0 heterocycles. The van der Waals surface area contributed by atoms with Crippen LogP contribution in [0.3, 0.4) is 0 Å². The molecular formula is C40H34O3. The Morgan fingerprint density at radius 3 is 0.953 bits per heavy atom. The minimum atomic E-state index is 0.806. The second-order valence-corrected chi connectivity index (χ2v) is 10.5. The van der Waals surface area contributed by atoms with Crippen molar-refractivity contribution in [2.45, 2.75) is 19.8 Å². The second-order valence-electron chi connectivity index (χ2n) is 10.5. The maximum Gasteiger partial charge on any atom is 0.127 e. The maximum absolute atomic E-state index is 6.10. The minimum absolute atomic E-state index is 0.806. The summed E-state index contributed by atoms with van der Waals surface area (Å²) in [6.07, 6.45) is 1.89. The molecule has 6 aromatic carbocycles. The van der Waals surface area contributed by atoms with Crippen molar-refractivity contribution in [1.82, 2.24) is 0 Å². The Kier molecular flexibility index (Phi) is 8.51. The van der Waals surface area contributed by atoms with E-state index in [1.807, 2.05) is 60.7 Å². The predicted molar refractivity (Wildman–Crippen MR) is 176 cm³/mol. The number of rotatable bonds is 10. The molecule has 43 heavy (non-hydrogen) atoms. The van der Waals surface area contributed by atoms with Crippen LogP contribution in [0.4, 0.5) is 0 Å². The third-order valence-electron chi connectivity index (χ3n) is 7.55. The SMILES string of the molecule is CCc1ccc(-c2ccc(Oc3ccc(Cc4ccc(Oc5ccc(-c6ccc(OC)cc6)cc5)cc4)cc3)cc2)cc1. The van der Waals surface area contributed by atoms with Gasteiger partial charge in [-0.05, 0) is 112 Å². The van der Waals surface area contributed by atoms with Crippen molar-refractivity contribution in [2.24, 2.45) is 0 Å². The van der Waals surface area contributed by atoms with Crippen LogP contribution in [0.1, 0.15) is 23.6 Å². The van der Waals surface area contributed by atoms with Crippen molar-refractivity contribution in [3.05, 3.63) is 162 Å². The topological polar surface area (TPSA) is 27.7 Å². The first-order valence-electron chi connectivity index (χ1n) is 14.6. The summed E-state index contributed by atoms with van der Waals surface area (Å²) in [6.45, 7) is 2.17. The zero-order chi connectivity index (χ0) is 29.4. The Morgan fingerprint density at radius 2 is 0.628 bits per heavy atom. The molecule has 0 radical (unpaired) electrons. The molecule has 0 N–H and O–H groups in total. The molecule has 0 fully saturated rings. The van der Waals surface area contributed by atoms with Crippen molar-refractivity contribution in [3.8, 4) is 51.0 Å². The van der Waals surface area contributed by atoms with Gasteiger partial charge in [0.2, 0.25) is 0 Å². The number of hydrogen-bond acceptors (Lipinski definition) is 3. The van der Waals surface area contributed by atoms with Gasteiger partial charge >= 0.3 is 0 Å². The first kappa shape index (κ1) is 27.9. The molecule has 0 saturated heterocycles. The summed E-state index contributed by atoms with van der Waals surface area (Å²) >= 11 is 0. The lowest BCUT2D eigenvalue weighted by Crippen LogP contribution is -1.90. The summed E-state index contributed by atoms with van der Waals surface area (Å²) in [7, 11) is 1.68. The van der Waals surface area contributed by atoms with E-state index in [0.29, 0.717) is 0 Å². The predicted octanol–water partition coefficient (Wildman–Crippen LogP) is 10.8. The van der Waals surface area contributed by atoms with Crippen molar-refractivity contribution >= 4 is 0 Å². The van der Waals surface area contributed by atoms with Crippen LogP contribution in [-0.4, -0.2) is 7.11 Å². The fourth-order valence-electron chi connectivity index (χ4n) is 5.01. The van der Waals surface area contributed by atoms with Gasteiger partial charge in [-0.2, -0.15) is 0 Å². The van der Waals surface area contributed by atoms with Gasteiger partial charge in [0.05, 0.1) is 7.11 Å². The van der Waals surface area contributed by atoms with Gasteiger partial charge in [-0.1, -0.05) is 91.9 Å². The lowest BCUT2D eigenvalue weighted by atomic mass is 10.0. The van der Waals surface area contributed by atoms with Crippen LogP contribution in [0, 0.1) is 0 Å². The molecule has 6 rings (SSSR count). The van der Waals surface area contributed by atoms with Crippen molar-refractivity contribution in [2.75, 3.05) is 7.11 Å². The molecule has 0 amide bonds. The monoisotopic (exact) mass is 562 g/mol. The molecule has 0 saturated carbocycles. The number of benzene rings is 6. The summed E-state index contributed by atoms with van der Waals surface area (Å²) in [6, 6.07) is 49.7. The molecule has 0 aliphatic heterocycles. The molecule has 212 valence electrons. The first-order chi connectivity index (χ1) is 21.1.